The summed E-state index contributed by atoms with van der Waals surface area (Å²) in [6.07, 6.45) is 1.28. The third-order valence-electron chi connectivity index (χ3n) is 2.46. The number of ketones is 1. The molecule has 1 unspecified atom stereocenters. The summed E-state index contributed by atoms with van der Waals surface area (Å²) in [5.41, 5.74) is 0.0998. The van der Waals surface area contributed by atoms with Gasteiger partial charge in [0.2, 0.25) is 0 Å². The lowest BCUT2D eigenvalue weighted by Crippen LogP contribution is -2.07. The summed E-state index contributed by atoms with van der Waals surface area (Å²) < 4.78 is 13.3. The second kappa shape index (κ2) is 5.26. The van der Waals surface area contributed by atoms with Gasteiger partial charge in [-0.15, -0.1) is 0 Å². The Labute approximate surface area is 94.3 Å². The molecule has 1 aromatic carbocycles. The average molecular weight is 229 g/mol. The minimum Gasteiger partial charge on any atom is -0.294 e. The van der Waals surface area contributed by atoms with Crippen molar-refractivity contribution in [3.63, 3.8) is 0 Å². The van der Waals surface area contributed by atoms with E-state index in [1.807, 2.05) is 13.8 Å². The monoisotopic (exact) mass is 228 g/mol. The van der Waals surface area contributed by atoms with Crippen molar-refractivity contribution >= 4 is 17.4 Å². The van der Waals surface area contributed by atoms with Gasteiger partial charge in [-0.05, 0) is 24.1 Å². The number of hydrogen-bond acceptors (Lipinski definition) is 1. The van der Waals surface area contributed by atoms with Gasteiger partial charge >= 0.3 is 0 Å². The van der Waals surface area contributed by atoms with Crippen molar-refractivity contribution in [1.29, 1.82) is 0 Å². The van der Waals surface area contributed by atoms with E-state index in [0.717, 1.165) is 6.42 Å². The first-order valence-electron chi connectivity index (χ1n) is 5.02. The fourth-order valence-electron chi connectivity index (χ4n) is 1.28. The van der Waals surface area contributed by atoms with Crippen LogP contribution in [0.25, 0.3) is 0 Å². The van der Waals surface area contributed by atoms with Crippen LogP contribution in [0.15, 0.2) is 18.2 Å². The predicted molar refractivity (Wildman–Crippen MR) is 59.8 cm³/mol. The molecule has 1 rings (SSSR count). The third kappa shape index (κ3) is 3.31. The van der Waals surface area contributed by atoms with Crippen molar-refractivity contribution in [3.05, 3.63) is 34.6 Å². The van der Waals surface area contributed by atoms with E-state index in [0.29, 0.717) is 11.4 Å². The molecule has 0 aliphatic rings. The van der Waals surface area contributed by atoms with E-state index in [-0.39, 0.29) is 17.3 Å². The molecule has 0 aliphatic heterocycles. The Morgan fingerprint density at radius 1 is 1.53 bits per heavy atom. The first kappa shape index (κ1) is 12.2. The maximum atomic E-state index is 13.3. The highest BCUT2D eigenvalue weighted by atomic mass is 35.5. The molecule has 1 atom stereocenters. The Kier molecular flexibility index (Phi) is 4.28. The van der Waals surface area contributed by atoms with Gasteiger partial charge in [0.1, 0.15) is 5.82 Å². The number of halogens is 2. The molecule has 3 heteroatoms. The van der Waals surface area contributed by atoms with Crippen molar-refractivity contribution in [2.45, 2.75) is 26.7 Å². The van der Waals surface area contributed by atoms with Crippen molar-refractivity contribution in [1.82, 2.24) is 0 Å². The Balaban J connectivity index is 2.86. The lowest BCUT2D eigenvalue weighted by Gasteiger charge is -2.08. The van der Waals surface area contributed by atoms with Gasteiger partial charge in [-0.25, -0.2) is 4.39 Å². The van der Waals surface area contributed by atoms with Gasteiger partial charge in [0, 0.05) is 11.4 Å². The predicted octanol–water partition coefficient (Wildman–Crippen LogP) is 4.10. The lowest BCUT2D eigenvalue weighted by molar-refractivity contribution is 0.0959. The van der Waals surface area contributed by atoms with Crippen LogP contribution in [0.5, 0.6) is 0 Å². The first-order valence-corrected chi connectivity index (χ1v) is 5.40. The molecule has 0 aliphatic carbocycles. The normalized spacial score (nSPS) is 12.5. The standard InChI is InChI=1S/C12H14ClFO/c1-3-8(2)6-12(15)10-7-9(13)4-5-11(10)14/h4-5,7-8H,3,6H2,1-2H3. The van der Waals surface area contributed by atoms with Crippen LogP contribution in [-0.4, -0.2) is 5.78 Å². The van der Waals surface area contributed by atoms with Crippen LogP contribution in [0.2, 0.25) is 5.02 Å². The van der Waals surface area contributed by atoms with Crippen LogP contribution in [0.4, 0.5) is 4.39 Å². The third-order valence-corrected chi connectivity index (χ3v) is 2.69. The summed E-state index contributed by atoms with van der Waals surface area (Å²) in [6, 6.07) is 4.06. The molecule has 0 amide bonds. The molecule has 0 aromatic heterocycles. The van der Waals surface area contributed by atoms with E-state index in [1.54, 1.807) is 0 Å². The van der Waals surface area contributed by atoms with Gasteiger partial charge in [-0.3, -0.25) is 4.79 Å². The van der Waals surface area contributed by atoms with Crippen LogP contribution in [0.3, 0.4) is 0 Å². The zero-order valence-corrected chi connectivity index (χ0v) is 9.64. The van der Waals surface area contributed by atoms with Gasteiger partial charge in [0.25, 0.3) is 0 Å². The van der Waals surface area contributed by atoms with Gasteiger partial charge in [0.15, 0.2) is 5.78 Å². The Morgan fingerprint density at radius 3 is 2.80 bits per heavy atom. The minimum atomic E-state index is -0.493. The average Bonchev–Trinajstić information content (AvgIpc) is 2.21. The molecule has 0 spiro atoms. The fourth-order valence-corrected chi connectivity index (χ4v) is 1.45. The molecule has 0 N–H and O–H groups in total. The molecular weight excluding hydrogens is 215 g/mol. The fraction of sp³-hybridized carbons (Fsp3) is 0.417. The van der Waals surface area contributed by atoms with E-state index >= 15 is 0 Å². The van der Waals surface area contributed by atoms with E-state index in [2.05, 4.69) is 0 Å². The second-order valence-electron chi connectivity index (χ2n) is 3.76. The van der Waals surface area contributed by atoms with E-state index < -0.39 is 5.82 Å². The minimum absolute atomic E-state index is 0.0998. The van der Waals surface area contributed by atoms with Crippen molar-refractivity contribution in [3.8, 4) is 0 Å². The summed E-state index contributed by atoms with van der Waals surface area (Å²) in [5, 5.41) is 0.393. The molecule has 0 bridgehead atoms. The van der Waals surface area contributed by atoms with Gasteiger partial charge < -0.3 is 0 Å². The lowest BCUT2D eigenvalue weighted by atomic mass is 9.97. The highest BCUT2D eigenvalue weighted by Crippen LogP contribution is 2.19. The zero-order valence-electron chi connectivity index (χ0n) is 8.89. The van der Waals surface area contributed by atoms with E-state index in [4.69, 9.17) is 11.6 Å². The molecule has 0 fully saturated rings. The molecule has 15 heavy (non-hydrogen) atoms. The van der Waals surface area contributed by atoms with Crippen molar-refractivity contribution in [2.75, 3.05) is 0 Å². The number of carbonyl (C=O) groups is 1. The van der Waals surface area contributed by atoms with Crippen molar-refractivity contribution < 1.29 is 9.18 Å². The molecule has 82 valence electrons. The highest BCUT2D eigenvalue weighted by molar-refractivity contribution is 6.31. The molecule has 0 saturated carbocycles. The Morgan fingerprint density at radius 2 is 2.20 bits per heavy atom. The Hall–Kier alpha value is -0.890. The van der Waals surface area contributed by atoms with Gasteiger partial charge in [0.05, 0.1) is 5.56 Å². The first-order chi connectivity index (χ1) is 7.04. The van der Waals surface area contributed by atoms with E-state index in [9.17, 15) is 9.18 Å². The molecular formula is C12H14ClFO. The molecule has 1 nitrogen and oxygen atoms in total. The highest BCUT2D eigenvalue weighted by Gasteiger charge is 2.14. The molecule has 0 heterocycles. The number of benzene rings is 1. The summed E-state index contributed by atoms with van der Waals surface area (Å²) in [7, 11) is 0. The second-order valence-corrected chi connectivity index (χ2v) is 4.20. The number of carbonyl (C=O) groups excluding carboxylic acids is 1. The van der Waals surface area contributed by atoms with Crippen LogP contribution >= 0.6 is 11.6 Å². The maximum absolute atomic E-state index is 13.3. The summed E-state index contributed by atoms with van der Waals surface area (Å²) in [6.45, 7) is 3.98. The Bertz CT molecular complexity index is 363. The maximum Gasteiger partial charge on any atom is 0.166 e. The van der Waals surface area contributed by atoms with Crippen molar-refractivity contribution in [2.24, 2.45) is 5.92 Å². The molecule has 0 saturated heterocycles. The van der Waals surface area contributed by atoms with Crippen LogP contribution < -0.4 is 0 Å². The summed E-state index contributed by atoms with van der Waals surface area (Å²) in [4.78, 5) is 11.7. The summed E-state index contributed by atoms with van der Waals surface area (Å²) >= 11 is 5.71. The van der Waals surface area contributed by atoms with Crippen LogP contribution in [0.1, 0.15) is 37.0 Å². The number of Topliss-reactive ketones (excluding diaryl/α,β-unsaturated/α-hetero) is 1. The largest absolute Gasteiger partial charge is 0.294 e. The van der Waals surface area contributed by atoms with Crippen LogP contribution in [0, 0.1) is 11.7 Å². The smallest absolute Gasteiger partial charge is 0.166 e. The summed E-state index contributed by atoms with van der Waals surface area (Å²) in [5.74, 6) is -0.395. The van der Waals surface area contributed by atoms with E-state index in [1.165, 1.54) is 18.2 Å². The quantitative estimate of drug-likeness (QED) is 0.710. The zero-order chi connectivity index (χ0) is 11.4. The molecule has 1 aromatic rings. The number of rotatable bonds is 4. The number of hydrogen-bond donors (Lipinski definition) is 0. The van der Waals surface area contributed by atoms with Crippen LogP contribution in [-0.2, 0) is 0 Å². The van der Waals surface area contributed by atoms with Gasteiger partial charge in [-0.1, -0.05) is 31.9 Å². The molecule has 0 radical (unpaired) electrons. The SMILES string of the molecule is CCC(C)CC(=O)c1cc(Cl)ccc1F. The van der Waals surface area contributed by atoms with Gasteiger partial charge in [-0.2, -0.15) is 0 Å². The topological polar surface area (TPSA) is 17.1 Å².